The van der Waals surface area contributed by atoms with E-state index in [1.165, 1.54) is 0 Å². The van der Waals surface area contributed by atoms with Crippen molar-refractivity contribution in [3.63, 3.8) is 0 Å². The van der Waals surface area contributed by atoms with Gasteiger partial charge >= 0.3 is 0 Å². The van der Waals surface area contributed by atoms with Crippen molar-refractivity contribution in [2.75, 3.05) is 52.9 Å². The molecule has 0 atom stereocenters. The van der Waals surface area contributed by atoms with E-state index >= 15 is 0 Å². The van der Waals surface area contributed by atoms with Gasteiger partial charge in [-0.3, -0.25) is 0 Å². The van der Waals surface area contributed by atoms with Crippen LogP contribution in [0, 0.1) is 0 Å². The van der Waals surface area contributed by atoms with Crippen LogP contribution in [0.4, 0.5) is 0 Å². The second-order valence-corrected chi connectivity index (χ2v) is 2.28. The highest BCUT2D eigenvalue weighted by Crippen LogP contribution is 1.80. The zero-order valence-electron chi connectivity index (χ0n) is 11.8. The van der Waals surface area contributed by atoms with E-state index in [0.717, 1.165) is 0 Å². The van der Waals surface area contributed by atoms with Gasteiger partial charge in [0.1, 0.15) is 0 Å². The molecule has 0 saturated heterocycles. The summed E-state index contributed by atoms with van der Waals surface area (Å²) in [6.07, 6.45) is 0. The fraction of sp³-hybridized carbons (Fsp3) is 1.00. The maximum absolute atomic E-state index is 8.36. The van der Waals surface area contributed by atoms with Crippen LogP contribution >= 0.6 is 0 Å². The maximum Gasteiger partial charge on any atom is 0.0701 e. The molecule has 0 saturated carbocycles. The molecular formula is C12H30O5. The highest BCUT2D eigenvalue weighted by molar-refractivity contribution is 4.33. The molecule has 2 N–H and O–H groups in total. The van der Waals surface area contributed by atoms with Crippen LogP contribution in [-0.4, -0.2) is 63.1 Å². The van der Waals surface area contributed by atoms with Crippen molar-refractivity contribution >= 4 is 0 Å². The Morgan fingerprint density at radius 3 is 1.00 bits per heavy atom. The lowest BCUT2D eigenvalue weighted by atomic mass is 10.7. The number of hydrogen-bond acceptors (Lipinski definition) is 5. The molecule has 0 aromatic carbocycles. The van der Waals surface area contributed by atoms with Crippen molar-refractivity contribution in [3.8, 4) is 0 Å². The lowest BCUT2D eigenvalue weighted by Gasteiger charge is -2.04. The van der Waals surface area contributed by atoms with Crippen molar-refractivity contribution in [2.45, 2.75) is 27.7 Å². The van der Waals surface area contributed by atoms with Crippen LogP contribution in [-0.2, 0) is 14.2 Å². The largest absolute Gasteiger partial charge is 0.394 e. The van der Waals surface area contributed by atoms with Crippen molar-refractivity contribution in [1.82, 2.24) is 0 Å². The quantitative estimate of drug-likeness (QED) is 0.571. The Hall–Kier alpha value is -0.200. The van der Waals surface area contributed by atoms with Crippen LogP contribution in [0.3, 0.4) is 0 Å². The highest BCUT2D eigenvalue weighted by Gasteiger charge is 1.89. The third kappa shape index (κ3) is 31.3. The Kier molecular flexibility index (Phi) is 38.4. The first-order valence-corrected chi connectivity index (χ1v) is 6.36. The van der Waals surface area contributed by atoms with E-state index in [0.29, 0.717) is 39.6 Å². The van der Waals surface area contributed by atoms with Crippen molar-refractivity contribution in [2.24, 2.45) is 0 Å². The van der Waals surface area contributed by atoms with Crippen LogP contribution in [0.15, 0.2) is 0 Å². The molecule has 0 fully saturated rings. The molecule has 0 aliphatic heterocycles. The van der Waals surface area contributed by atoms with E-state index < -0.39 is 0 Å². The van der Waals surface area contributed by atoms with Gasteiger partial charge in [0.05, 0.1) is 52.9 Å². The monoisotopic (exact) mass is 254 g/mol. The molecule has 17 heavy (non-hydrogen) atoms. The lowest BCUT2D eigenvalue weighted by Crippen LogP contribution is -2.11. The average Bonchev–Trinajstić information content (AvgIpc) is 2.42. The van der Waals surface area contributed by atoms with E-state index in [1.54, 1.807) is 0 Å². The van der Waals surface area contributed by atoms with E-state index in [-0.39, 0.29) is 13.2 Å². The van der Waals surface area contributed by atoms with Gasteiger partial charge in [0.2, 0.25) is 0 Å². The van der Waals surface area contributed by atoms with Crippen LogP contribution in [0.2, 0.25) is 0 Å². The fourth-order valence-electron chi connectivity index (χ4n) is 0.671. The second kappa shape index (κ2) is 29.7. The number of aliphatic hydroxyl groups is 2. The third-order valence-electron chi connectivity index (χ3n) is 1.22. The number of aliphatic hydroxyl groups excluding tert-OH is 2. The minimum atomic E-state index is 0.0413. The molecule has 0 heterocycles. The molecule has 0 aromatic heterocycles. The summed E-state index contributed by atoms with van der Waals surface area (Å²) >= 11 is 0. The first-order chi connectivity index (χ1) is 8.41. The lowest BCUT2D eigenvalue weighted by molar-refractivity contribution is 0.00230. The van der Waals surface area contributed by atoms with Gasteiger partial charge in [0.25, 0.3) is 0 Å². The minimum Gasteiger partial charge on any atom is -0.394 e. The maximum atomic E-state index is 8.36. The summed E-state index contributed by atoms with van der Waals surface area (Å²) in [6, 6.07) is 0. The average molecular weight is 254 g/mol. The van der Waals surface area contributed by atoms with Gasteiger partial charge in [-0.25, -0.2) is 0 Å². The zero-order chi connectivity index (χ0) is 13.8. The Morgan fingerprint density at radius 1 is 0.529 bits per heavy atom. The Bertz CT molecular complexity index is 81.0. The normalized spacial score (nSPS) is 8.82. The van der Waals surface area contributed by atoms with Crippen molar-refractivity contribution in [3.05, 3.63) is 0 Å². The molecule has 0 aromatic rings. The molecule has 0 unspecified atom stereocenters. The molecule has 0 aliphatic rings. The smallest absolute Gasteiger partial charge is 0.0701 e. The van der Waals surface area contributed by atoms with Crippen molar-refractivity contribution < 1.29 is 24.4 Å². The number of ether oxygens (including phenoxy) is 3. The summed E-state index contributed by atoms with van der Waals surface area (Å²) in [7, 11) is 0. The van der Waals surface area contributed by atoms with Gasteiger partial charge < -0.3 is 24.4 Å². The summed E-state index contributed by atoms with van der Waals surface area (Å²) in [6.45, 7) is 10.8. The molecule has 108 valence electrons. The SMILES string of the molecule is CC.CC.OCCOCCOCCOCCO. The van der Waals surface area contributed by atoms with E-state index in [2.05, 4.69) is 0 Å². The summed E-state index contributed by atoms with van der Waals surface area (Å²) in [4.78, 5) is 0. The molecule has 0 spiro atoms. The standard InChI is InChI=1S/C8H18O5.2C2H6/c9-1-3-11-5-7-13-8-6-12-4-2-10;2*1-2/h9-10H,1-8H2;2*1-2H3. The first-order valence-electron chi connectivity index (χ1n) is 6.36. The predicted molar refractivity (Wildman–Crippen MR) is 69.3 cm³/mol. The second-order valence-electron chi connectivity index (χ2n) is 2.28. The molecule has 0 bridgehead atoms. The zero-order valence-corrected chi connectivity index (χ0v) is 11.8. The van der Waals surface area contributed by atoms with Gasteiger partial charge in [-0.05, 0) is 0 Å². The van der Waals surface area contributed by atoms with Crippen LogP contribution < -0.4 is 0 Å². The fourth-order valence-corrected chi connectivity index (χ4v) is 0.671. The third-order valence-corrected chi connectivity index (χ3v) is 1.22. The number of hydrogen-bond donors (Lipinski definition) is 2. The molecule has 0 radical (unpaired) electrons. The summed E-state index contributed by atoms with van der Waals surface area (Å²) in [5, 5.41) is 16.7. The Balaban J connectivity index is -0.000000439. The molecular weight excluding hydrogens is 224 g/mol. The van der Waals surface area contributed by atoms with E-state index in [9.17, 15) is 0 Å². The molecule has 5 heteroatoms. The summed E-state index contributed by atoms with van der Waals surface area (Å²) in [5.74, 6) is 0. The predicted octanol–water partition coefficient (Wildman–Crippen LogP) is 1.07. The summed E-state index contributed by atoms with van der Waals surface area (Å²) in [5.41, 5.74) is 0. The highest BCUT2D eigenvalue weighted by atomic mass is 16.5. The number of rotatable bonds is 10. The van der Waals surface area contributed by atoms with Gasteiger partial charge in [0.15, 0.2) is 0 Å². The Morgan fingerprint density at radius 2 is 0.765 bits per heavy atom. The molecule has 5 nitrogen and oxygen atoms in total. The van der Waals surface area contributed by atoms with Gasteiger partial charge in [-0.2, -0.15) is 0 Å². The molecule has 0 aliphatic carbocycles. The minimum absolute atomic E-state index is 0.0413. The van der Waals surface area contributed by atoms with Crippen molar-refractivity contribution in [1.29, 1.82) is 0 Å². The van der Waals surface area contributed by atoms with Crippen LogP contribution in [0.25, 0.3) is 0 Å². The first kappa shape index (κ1) is 22.0. The topological polar surface area (TPSA) is 68.2 Å². The van der Waals surface area contributed by atoms with Crippen LogP contribution in [0.5, 0.6) is 0 Å². The van der Waals surface area contributed by atoms with Crippen LogP contribution in [0.1, 0.15) is 27.7 Å². The van der Waals surface area contributed by atoms with Gasteiger partial charge in [-0.15, -0.1) is 0 Å². The molecule has 0 amide bonds. The Labute approximate surface area is 106 Å². The summed E-state index contributed by atoms with van der Waals surface area (Å²) < 4.78 is 15.0. The van der Waals surface area contributed by atoms with Gasteiger partial charge in [-0.1, -0.05) is 27.7 Å². The van der Waals surface area contributed by atoms with E-state index in [1.807, 2.05) is 27.7 Å². The van der Waals surface area contributed by atoms with Gasteiger partial charge in [0, 0.05) is 0 Å². The van der Waals surface area contributed by atoms with E-state index in [4.69, 9.17) is 24.4 Å². The molecule has 0 rings (SSSR count).